The van der Waals surface area contributed by atoms with E-state index in [1.165, 1.54) is 0 Å². The molecule has 0 saturated carbocycles. The number of hydrogen-bond donors (Lipinski definition) is 1. The molecule has 0 bridgehead atoms. The van der Waals surface area contributed by atoms with E-state index < -0.39 is 7.49 Å². The molecule has 222 valence electrons. The van der Waals surface area contributed by atoms with Gasteiger partial charge >= 0.3 is 264 Å². The summed E-state index contributed by atoms with van der Waals surface area (Å²) in [6, 6.07) is 37.1. The number of fused-ring (bicyclic) bond motifs is 3. The van der Waals surface area contributed by atoms with E-state index >= 15 is 0 Å². The van der Waals surface area contributed by atoms with E-state index in [-0.39, 0.29) is 5.97 Å². The van der Waals surface area contributed by atoms with Crippen LogP contribution in [0.2, 0.25) is 0 Å². The number of benzene rings is 5. The van der Waals surface area contributed by atoms with Gasteiger partial charge in [0.15, 0.2) is 0 Å². The van der Waals surface area contributed by atoms with Gasteiger partial charge in [-0.05, 0) is 0 Å². The van der Waals surface area contributed by atoms with E-state index in [2.05, 4.69) is 97.2 Å². The van der Waals surface area contributed by atoms with Gasteiger partial charge in [0.2, 0.25) is 0 Å². The molecule has 0 saturated heterocycles. The third-order valence-electron chi connectivity index (χ3n) is 8.88. The van der Waals surface area contributed by atoms with Gasteiger partial charge in [-0.2, -0.15) is 0 Å². The van der Waals surface area contributed by atoms with Crippen LogP contribution in [0.5, 0.6) is 0 Å². The van der Waals surface area contributed by atoms with Crippen molar-refractivity contribution < 1.29 is 9.32 Å². The Kier molecular flexibility index (Phi) is 7.27. The summed E-state index contributed by atoms with van der Waals surface area (Å²) >= 11 is 0. The first-order valence-corrected chi connectivity index (χ1v) is 17.0. The van der Waals surface area contributed by atoms with Gasteiger partial charge in [0.25, 0.3) is 0 Å². The van der Waals surface area contributed by atoms with Gasteiger partial charge in [0, 0.05) is 0 Å². The minimum absolute atomic E-state index is 0.334. The average molecular weight is 608 g/mol. The standard InChI is InChI=1S/C39H34N3O2P/c1-25-17-18-30(21-32(25)29-19-20-31-33-23-40-24-41-38(33)42-34(31)22-29)39(43)44-45(35-14-8-5-11-26(35)2,36-15-9-6-12-27(36)3)37-16-10-7-13-28(37)4/h5-24,45H,1-4H3,(H,40,41,42). The van der Waals surface area contributed by atoms with Crippen LogP contribution in [-0.2, 0) is 4.52 Å². The number of nitrogens with one attached hydrogen (secondary N) is 1. The molecule has 2 heterocycles. The third kappa shape index (κ3) is 4.90. The van der Waals surface area contributed by atoms with Crippen molar-refractivity contribution in [1.82, 2.24) is 15.0 Å². The van der Waals surface area contributed by atoms with Crippen molar-refractivity contribution in [2.45, 2.75) is 27.7 Å². The first-order valence-electron chi connectivity index (χ1n) is 15.1. The summed E-state index contributed by atoms with van der Waals surface area (Å²) in [4.78, 5) is 26.5. The number of aryl methyl sites for hydroxylation is 4. The third-order valence-corrected chi connectivity index (χ3v) is 13.3. The Morgan fingerprint density at radius 2 is 1.27 bits per heavy atom. The molecule has 0 amide bonds. The molecule has 5 nitrogen and oxygen atoms in total. The SMILES string of the molecule is Cc1ccc(C(=O)O[PH](c2ccccc2C)(c2ccccc2C)c2ccccc2C)cc1-c1ccc2c(c1)[nH]c1ncncc12. The summed E-state index contributed by atoms with van der Waals surface area (Å²) in [5, 5.41) is 5.26. The molecular formula is C39H34N3O2P. The molecule has 6 heteroatoms. The Labute approximate surface area is 263 Å². The van der Waals surface area contributed by atoms with Gasteiger partial charge in [-0.1, -0.05) is 0 Å². The van der Waals surface area contributed by atoms with Gasteiger partial charge in [-0.25, -0.2) is 0 Å². The Hall–Kier alpha value is -5.12. The van der Waals surface area contributed by atoms with Crippen LogP contribution in [0.15, 0.2) is 122 Å². The quantitative estimate of drug-likeness (QED) is 0.196. The van der Waals surface area contributed by atoms with E-state index in [4.69, 9.17) is 4.52 Å². The summed E-state index contributed by atoms with van der Waals surface area (Å²) in [6.07, 6.45) is 3.38. The van der Waals surface area contributed by atoms with Gasteiger partial charge in [-0.3, -0.25) is 0 Å². The molecule has 7 rings (SSSR count). The maximum atomic E-state index is 14.5. The molecule has 2 aromatic heterocycles. The average Bonchev–Trinajstić information content (AvgIpc) is 3.43. The number of nitrogens with zero attached hydrogens (tertiary/aromatic N) is 2. The molecule has 0 aliphatic heterocycles. The molecule has 0 aliphatic rings. The molecular weight excluding hydrogens is 573 g/mol. The van der Waals surface area contributed by atoms with Crippen molar-refractivity contribution in [2.75, 3.05) is 0 Å². The van der Waals surface area contributed by atoms with E-state index in [0.29, 0.717) is 5.56 Å². The summed E-state index contributed by atoms with van der Waals surface area (Å²) in [5.74, 6) is -0.334. The molecule has 1 N–H and O–H groups in total. The van der Waals surface area contributed by atoms with Crippen LogP contribution in [0.3, 0.4) is 0 Å². The summed E-state index contributed by atoms with van der Waals surface area (Å²) in [7, 11) is -3.34. The van der Waals surface area contributed by atoms with Gasteiger partial charge in [0.05, 0.1) is 0 Å². The number of H-pyrrole nitrogens is 1. The Morgan fingerprint density at radius 3 is 1.87 bits per heavy atom. The van der Waals surface area contributed by atoms with Gasteiger partial charge in [-0.15, -0.1) is 0 Å². The number of carbonyl (C=O) groups excluding carboxylic acids is 1. The van der Waals surface area contributed by atoms with Crippen LogP contribution < -0.4 is 15.9 Å². The van der Waals surface area contributed by atoms with Crippen molar-refractivity contribution >= 4 is 51.3 Å². The monoisotopic (exact) mass is 607 g/mol. The molecule has 0 aliphatic carbocycles. The van der Waals surface area contributed by atoms with Crippen molar-refractivity contribution in [1.29, 1.82) is 0 Å². The minimum atomic E-state index is -3.34. The number of aromatic amines is 1. The molecule has 0 unspecified atom stereocenters. The zero-order chi connectivity index (χ0) is 31.1. The first-order chi connectivity index (χ1) is 21.9. The van der Waals surface area contributed by atoms with E-state index in [1.807, 2.05) is 60.8 Å². The fraction of sp³-hybridized carbons (Fsp3) is 0.103. The normalized spacial score (nSPS) is 12.0. The Bertz CT molecular complexity index is 2130. The zero-order valence-corrected chi connectivity index (χ0v) is 26.8. The van der Waals surface area contributed by atoms with E-state index in [9.17, 15) is 4.79 Å². The summed E-state index contributed by atoms with van der Waals surface area (Å²) < 4.78 is 7.04. The molecule has 0 spiro atoms. The second kappa shape index (κ2) is 11.4. The summed E-state index contributed by atoms with van der Waals surface area (Å²) in [5.41, 5.74) is 8.66. The van der Waals surface area contributed by atoms with E-state index in [1.54, 1.807) is 6.33 Å². The molecule has 7 aromatic rings. The predicted molar refractivity (Wildman–Crippen MR) is 188 cm³/mol. The van der Waals surface area contributed by atoms with Crippen LogP contribution in [0.1, 0.15) is 32.6 Å². The second-order valence-electron chi connectivity index (χ2n) is 11.7. The van der Waals surface area contributed by atoms with Crippen LogP contribution >= 0.6 is 7.49 Å². The molecule has 0 radical (unpaired) electrons. The zero-order valence-electron chi connectivity index (χ0n) is 25.8. The number of carbonyl (C=O) groups is 1. The Morgan fingerprint density at radius 1 is 0.667 bits per heavy atom. The second-order valence-corrected chi connectivity index (χ2v) is 14.9. The van der Waals surface area contributed by atoms with Crippen LogP contribution in [0.25, 0.3) is 33.1 Å². The van der Waals surface area contributed by atoms with Crippen molar-refractivity contribution in [3.8, 4) is 11.1 Å². The fourth-order valence-corrected chi connectivity index (χ4v) is 11.1. The molecule has 0 atom stereocenters. The Balaban J connectivity index is 1.39. The van der Waals surface area contributed by atoms with Crippen LogP contribution in [0, 0.1) is 27.7 Å². The van der Waals surface area contributed by atoms with Crippen LogP contribution in [-0.4, -0.2) is 20.9 Å². The maximum absolute atomic E-state index is 14.5. The fourth-order valence-electron chi connectivity index (χ4n) is 6.57. The first kappa shape index (κ1) is 28.6. The van der Waals surface area contributed by atoms with Crippen molar-refractivity contribution in [3.05, 3.63) is 150 Å². The van der Waals surface area contributed by atoms with Crippen LogP contribution in [0.4, 0.5) is 0 Å². The predicted octanol–water partition coefficient (Wildman–Crippen LogP) is 7.81. The molecule has 0 fully saturated rings. The molecule has 5 aromatic carbocycles. The van der Waals surface area contributed by atoms with Gasteiger partial charge in [0.1, 0.15) is 0 Å². The topological polar surface area (TPSA) is 67.9 Å². The van der Waals surface area contributed by atoms with Crippen molar-refractivity contribution in [2.24, 2.45) is 0 Å². The summed E-state index contributed by atoms with van der Waals surface area (Å²) in [6.45, 7) is 8.39. The van der Waals surface area contributed by atoms with E-state index in [0.717, 1.165) is 71.2 Å². The van der Waals surface area contributed by atoms with Crippen molar-refractivity contribution in [3.63, 3.8) is 0 Å². The van der Waals surface area contributed by atoms with Gasteiger partial charge < -0.3 is 0 Å². The number of hydrogen-bond acceptors (Lipinski definition) is 4. The number of aromatic nitrogens is 3. The molecule has 45 heavy (non-hydrogen) atoms. The number of rotatable bonds is 6.